The molecule has 0 saturated carbocycles. The monoisotopic (exact) mass is 120 g/mol. The molecule has 1 radical (unpaired) electrons. The Morgan fingerprint density at radius 3 is 2.88 bits per heavy atom. The van der Waals surface area contributed by atoms with Crippen LogP contribution in [0.3, 0.4) is 0 Å². The molecule has 0 fully saturated rings. The summed E-state index contributed by atoms with van der Waals surface area (Å²) in [6.07, 6.45) is 9.71. The predicted molar refractivity (Wildman–Crippen MR) is 35.6 cm³/mol. The first-order chi connectivity index (χ1) is 4.00. The van der Waals surface area contributed by atoms with E-state index in [4.69, 9.17) is 0 Å². The molecule has 0 atom stereocenters. The molecular formula is C6H6NSi. The average molecular weight is 120 g/mol. The normalized spacial score (nSPS) is 32.0. The summed E-state index contributed by atoms with van der Waals surface area (Å²) < 4.78 is 4.04. The summed E-state index contributed by atoms with van der Waals surface area (Å²) in [5, 5.41) is 0. The molecule has 0 aromatic heterocycles. The molecule has 2 heteroatoms. The Morgan fingerprint density at radius 1 is 1.00 bits per heavy atom. The van der Waals surface area contributed by atoms with Crippen LogP contribution in [-0.2, 0) is 0 Å². The van der Waals surface area contributed by atoms with Crippen LogP contribution in [0.25, 0.3) is 0 Å². The van der Waals surface area contributed by atoms with Gasteiger partial charge in [-0.3, -0.25) is 0 Å². The quantitative estimate of drug-likeness (QED) is 0.429. The fraction of sp³-hybridized carbons (Fsp3) is 0. The van der Waals surface area contributed by atoms with Crippen molar-refractivity contribution in [2.24, 2.45) is 4.63 Å². The van der Waals surface area contributed by atoms with Crippen molar-refractivity contribution < 1.29 is 0 Å². The fourth-order valence-corrected chi connectivity index (χ4v) is 0.861. The van der Waals surface area contributed by atoms with Crippen LogP contribution < -0.4 is 0 Å². The minimum atomic E-state index is 0.597. The van der Waals surface area contributed by atoms with Gasteiger partial charge in [0, 0.05) is 6.20 Å². The Labute approximate surface area is 51.0 Å². The summed E-state index contributed by atoms with van der Waals surface area (Å²) in [5.41, 5.74) is 2.04. The molecule has 0 aromatic carbocycles. The third-order valence-electron chi connectivity index (χ3n) is 0.739. The summed E-state index contributed by atoms with van der Waals surface area (Å²) in [5.74, 6) is 0. The maximum absolute atomic E-state index is 4.04. The van der Waals surface area contributed by atoms with E-state index in [9.17, 15) is 0 Å². The van der Waals surface area contributed by atoms with Crippen LogP contribution >= 0.6 is 0 Å². The van der Waals surface area contributed by atoms with Crippen LogP contribution in [0.4, 0.5) is 0 Å². The van der Waals surface area contributed by atoms with Gasteiger partial charge in [-0.2, -0.15) is 0 Å². The first kappa shape index (κ1) is 5.38. The molecule has 0 aromatic rings. The second-order valence-corrected chi connectivity index (χ2v) is 2.19. The average Bonchev–Trinajstić information content (AvgIpc) is 1.62. The first-order valence-corrected chi connectivity index (χ1v) is 3.46. The van der Waals surface area contributed by atoms with E-state index < -0.39 is 0 Å². The lowest BCUT2D eigenvalue weighted by molar-refractivity contribution is 1.61. The van der Waals surface area contributed by atoms with E-state index >= 15 is 0 Å². The zero-order valence-electron chi connectivity index (χ0n) is 4.41. The van der Waals surface area contributed by atoms with Crippen LogP contribution in [0.1, 0.15) is 0 Å². The molecule has 0 spiro atoms. The van der Waals surface area contributed by atoms with E-state index in [1.807, 2.05) is 36.2 Å². The summed E-state index contributed by atoms with van der Waals surface area (Å²) in [4.78, 5) is 0. The minimum absolute atomic E-state index is 0.597. The summed E-state index contributed by atoms with van der Waals surface area (Å²) in [6, 6.07) is 0. The minimum Gasteiger partial charge on any atom is -0.303 e. The standard InChI is InChI=1S/C6H6NSi/c1-2-4-6-8-7-5-3-1/h1-6H/b2-1-,3-1?,4-2?,5-3-,6-4-,7-5?,8-6?,8-7?. The molecule has 1 nitrogen and oxygen atoms in total. The van der Waals surface area contributed by atoms with E-state index in [0.29, 0.717) is 9.31 Å². The molecule has 0 amide bonds. The van der Waals surface area contributed by atoms with Crippen molar-refractivity contribution in [2.75, 3.05) is 0 Å². The largest absolute Gasteiger partial charge is 0.303 e. The molecule has 0 aliphatic carbocycles. The Kier molecular flexibility index (Phi) is 2.19. The predicted octanol–water partition coefficient (Wildman–Crippen LogP) is 1.47. The van der Waals surface area contributed by atoms with E-state index in [0.717, 1.165) is 0 Å². The molecule has 39 valence electrons. The molecule has 8 heavy (non-hydrogen) atoms. The lowest BCUT2D eigenvalue weighted by Gasteiger charge is -1.76. The number of rotatable bonds is 0. The second-order valence-electron chi connectivity index (χ2n) is 1.34. The van der Waals surface area contributed by atoms with Gasteiger partial charge in [-0.1, -0.05) is 23.9 Å². The lowest BCUT2D eigenvalue weighted by atomic mass is 10.5. The Morgan fingerprint density at radius 2 is 1.88 bits per heavy atom. The van der Waals surface area contributed by atoms with Gasteiger partial charge in [0.1, 0.15) is 0 Å². The van der Waals surface area contributed by atoms with Gasteiger partial charge >= 0.3 is 0 Å². The zero-order chi connectivity index (χ0) is 5.66. The van der Waals surface area contributed by atoms with Gasteiger partial charge in [0.2, 0.25) is 0 Å². The highest BCUT2D eigenvalue weighted by Gasteiger charge is 1.67. The van der Waals surface area contributed by atoms with Gasteiger partial charge in [-0.05, 0) is 6.08 Å². The molecule has 0 bridgehead atoms. The van der Waals surface area contributed by atoms with Crippen molar-refractivity contribution >= 4 is 9.31 Å². The molecular weight excluding hydrogens is 114 g/mol. The SMILES string of the molecule is C1=C\C=C/[Si]=N\C=C/1. The third-order valence-corrected chi connectivity index (χ3v) is 1.38. The molecule has 0 saturated heterocycles. The van der Waals surface area contributed by atoms with Crippen LogP contribution in [0, 0.1) is 0 Å². The second kappa shape index (κ2) is 3.27. The van der Waals surface area contributed by atoms with Gasteiger partial charge in [0.15, 0.2) is 9.31 Å². The van der Waals surface area contributed by atoms with Gasteiger partial charge in [0.25, 0.3) is 0 Å². The maximum Gasteiger partial charge on any atom is 0.187 e. The van der Waals surface area contributed by atoms with Crippen LogP contribution in [0.2, 0.25) is 0 Å². The van der Waals surface area contributed by atoms with E-state index in [1.54, 1.807) is 0 Å². The topological polar surface area (TPSA) is 12.4 Å². The van der Waals surface area contributed by atoms with Crippen LogP contribution in [-0.4, -0.2) is 9.31 Å². The van der Waals surface area contributed by atoms with E-state index in [2.05, 4.69) is 4.63 Å². The Bertz CT molecular complexity index is 109. The molecule has 0 unspecified atom stereocenters. The maximum atomic E-state index is 4.04. The van der Waals surface area contributed by atoms with Crippen LogP contribution in [0.15, 0.2) is 40.8 Å². The van der Waals surface area contributed by atoms with Crippen LogP contribution in [0.5, 0.6) is 0 Å². The molecule has 1 aliphatic heterocycles. The Hall–Kier alpha value is -0.763. The molecule has 0 N–H and O–H groups in total. The Balaban J connectivity index is 2.67. The van der Waals surface area contributed by atoms with Crippen molar-refractivity contribution in [2.45, 2.75) is 0 Å². The highest BCUT2D eigenvalue weighted by molar-refractivity contribution is 6.29. The molecule has 1 aliphatic rings. The highest BCUT2D eigenvalue weighted by atomic mass is 28.2. The highest BCUT2D eigenvalue weighted by Crippen LogP contribution is 1.82. The van der Waals surface area contributed by atoms with Gasteiger partial charge in [-0.25, -0.2) is 0 Å². The number of hydrogen-bond donors (Lipinski definition) is 0. The summed E-state index contributed by atoms with van der Waals surface area (Å²) in [6.45, 7) is 0. The summed E-state index contributed by atoms with van der Waals surface area (Å²) >= 11 is 0. The lowest BCUT2D eigenvalue weighted by Crippen LogP contribution is -1.65. The van der Waals surface area contributed by atoms with Gasteiger partial charge < -0.3 is 4.63 Å². The third kappa shape index (κ3) is 1.79. The van der Waals surface area contributed by atoms with E-state index in [-0.39, 0.29) is 0 Å². The van der Waals surface area contributed by atoms with Crippen molar-refractivity contribution in [1.29, 1.82) is 0 Å². The summed E-state index contributed by atoms with van der Waals surface area (Å²) in [7, 11) is 0.597. The molecule has 1 heterocycles. The van der Waals surface area contributed by atoms with Gasteiger partial charge in [-0.15, -0.1) is 0 Å². The van der Waals surface area contributed by atoms with Crippen molar-refractivity contribution in [3.05, 3.63) is 36.2 Å². The zero-order valence-corrected chi connectivity index (χ0v) is 5.41. The fourth-order valence-electron chi connectivity index (χ4n) is 0.406. The van der Waals surface area contributed by atoms with E-state index in [1.165, 1.54) is 0 Å². The smallest absolute Gasteiger partial charge is 0.187 e. The number of allylic oxidation sites excluding steroid dienone is 4. The van der Waals surface area contributed by atoms with Crippen molar-refractivity contribution in [3.63, 3.8) is 0 Å². The van der Waals surface area contributed by atoms with Crippen molar-refractivity contribution in [3.8, 4) is 0 Å². The van der Waals surface area contributed by atoms with Gasteiger partial charge in [0.05, 0.1) is 0 Å². The molecule has 1 rings (SSSR count). The first-order valence-electron chi connectivity index (χ1n) is 2.44. The number of hydrogen-bond acceptors (Lipinski definition) is 1. The van der Waals surface area contributed by atoms with Crippen molar-refractivity contribution in [1.82, 2.24) is 0 Å². The number of nitrogens with zero attached hydrogens (tertiary/aromatic N) is 1.